The fourth-order valence-electron chi connectivity index (χ4n) is 2.07. The predicted molar refractivity (Wildman–Crippen MR) is 97.7 cm³/mol. The molecule has 0 fully saturated rings. The topological polar surface area (TPSA) is 81.7 Å². The van der Waals surface area contributed by atoms with E-state index in [9.17, 15) is 14.4 Å². The number of hydrogen-bond donors (Lipinski definition) is 1. The molecule has 0 spiro atoms. The van der Waals surface area contributed by atoms with Gasteiger partial charge in [-0.25, -0.2) is 9.59 Å². The Hall–Kier alpha value is -3.15. The van der Waals surface area contributed by atoms with Crippen LogP contribution in [0.4, 0.5) is 10.5 Å². The van der Waals surface area contributed by atoms with Gasteiger partial charge in [-0.1, -0.05) is 6.07 Å². The lowest BCUT2D eigenvalue weighted by Crippen LogP contribution is -2.27. The molecule has 1 N–H and O–H groups in total. The zero-order valence-corrected chi connectivity index (χ0v) is 15.2. The molecule has 1 amide bonds. The fourth-order valence-corrected chi connectivity index (χ4v) is 2.07. The van der Waals surface area contributed by atoms with Crippen molar-refractivity contribution >= 4 is 23.5 Å². The van der Waals surface area contributed by atoms with Crippen LogP contribution in [-0.4, -0.2) is 23.4 Å². The molecule has 136 valence electrons. The summed E-state index contributed by atoms with van der Waals surface area (Å²) in [7, 11) is 0. The minimum Gasteiger partial charge on any atom is -0.444 e. The van der Waals surface area contributed by atoms with Crippen molar-refractivity contribution in [3.05, 3.63) is 59.7 Å². The van der Waals surface area contributed by atoms with Crippen LogP contribution < -0.4 is 10.1 Å². The summed E-state index contributed by atoms with van der Waals surface area (Å²) in [5.41, 5.74) is 0.607. The fraction of sp³-hybridized carbons (Fsp3) is 0.250. The SMILES string of the molecule is CC(=O)c1ccc(OC(=O)c2cccc(NC(=O)OC(C)(C)C)c2)cc1. The van der Waals surface area contributed by atoms with Crippen molar-refractivity contribution in [2.75, 3.05) is 5.32 Å². The van der Waals surface area contributed by atoms with Crippen LogP contribution in [0, 0.1) is 0 Å². The van der Waals surface area contributed by atoms with Gasteiger partial charge in [-0.3, -0.25) is 10.1 Å². The van der Waals surface area contributed by atoms with Crippen LogP contribution in [0.2, 0.25) is 0 Å². The highest BCUT2D eigenvalue weighted by atomic mass is 16.6. The molecule has 0 aliphatic rings. The van der Waals surface area contributed by atoms with Crippen LogP contribution in [0.1, 0.15) is 48.4 Å². The molecule has 0 aliphatic heterocycles. The lowest BCUT2D eigenvalue weighted by atomic mass is 10.1. The van der Waals surface area contributed by atoms with Crippen LogP contribution in [-0.2, 0) is 4.74 Å². The average Bonchev–Trinajstić information content (AvgIpc) is 2.53. The van der Waals surface area contributed by atoms with Crippen molar-refractivity contribution < 1.29 is 23.9 Å². The van der Waals surface area contributed by atoms with Crippen LogP contribution >= 0.6 is 0 Å². The minimum atomic E-state index is -0.618. The maximum absolute atomic E-state index is 12.3. The van der Waals surface area contributed by atoms with E-state index in [1.807, 2.05) is 0 Å². The highest BCUT2D eigenvalue weighted by molar-refractivity contribution is 5.95. The summed E-state index contributed by atoms with van der Waals surface area (Å²) in [6.45, 7) is 6.75. The Labute approximate surface area is 152 Å². The van der Waals surface area contributed by atoms with Crippen molar-refractivity contribution in [1.82, 2.24) is 0 Å². The maximum atomic E-state index is 12.3. The molecule has 6 nitrogen and oxygen atoms in total. The minimum absolute atomic E-state index is 0.0659. The first-order valence-corrected chi connectivity index (χ1v) is 8.07. The van der Waals surface area contributed by atoms with Gasteiger partial charge in [0, 0.05) is 11.3 Å². The third-order valence-electron chi connectivity index (χ3n) is 3.21. The Morgan fingerprint density at radius 3 is 2.15 bits per heavy atom. The van der Waals surface area contributed by atoms with E-state index in [0.29, 0.717) is 17.0 Å². The monoisotopic (exact) mass is 355 g/mol. The molecule has 0 heterocycles. The van der Waals surface area contributed by atoms with E-state index in [2.05, 4.69) is 5.32 Å². The second-order valence-corrected chi connectivity index (χ2v) is 6.68. The molecular weight excluding hydrogens is 334 g/mol. The van der Waals surface area contributed by atoms with E-state index in [1.54, 1.807) is 63.2 Å². The third-order valence-corrected chi connectivity index (χ3v) is 3.21. The van der Waals surface area contributed by atoms with Crippen molar-refractivity contribution in [3.63, 3.8) is 0 Å². The smallest absolute Gasteiger partial charge is 0.412 e. The molecule has 0 unspecified atom stereocenters. The van der Waals surface area contributed by atoms with Crippen LogP contribution in [0.3, 0.4) is 0 Å². The highest BCUT2D eigenvalue weighted by Gasteiger charge is 2.17. The first-order valence-electron chi connectivity index (χ1n) is 8.07. The first-order chi connectivity index (χ1) is 12.1. The van der Waals surface area contributed by atoms with E-state index < -0.39 is 17.7 Å². The summed E-state index contributed by atoms with van der Waals surface area (Å²) in [6, 6.07) is 12.6. The van der Waals surface area contributed by atoms with Gasteiger partial charge >= 0.3 is 12.1 Å². The molecule has 0 atom stereocenters. The highest BCUT2D eigenvalue weighted by Crippen LogP contribution is 2.17. The van der Waals surface area contributed by atoms with E-state index in [0.717, 1.165) is 0 Å². The van der Waals surface area contributed by atoms with Crippen molar-refractivity contribution in [3.8, 4) is 5.75 Å². The number of nitrogens with one attached hydrogen (secondary N) is 1. The van der Waals surface area contributed by atoms with Gasteiger partial charge in [0.25, 0.3) is 0 Å². The molecular formula is C20H21NO5. The number of carbonyl (C=O) groups is 3. The molecule has 6 heteroatoms. The number of carbonyl (C=O) groups excluding carboxylic acids is 3. The Morgan fingerprint density at radius 1 is 0.923 bits per heavy atom. The van der Waals surface area contributed by atoms with Crippen LogP contribution in [0.25, 0.3) is 0 Å². The zero-order chi connectivity index (χ0) is 19.3. The molecule has 2 aromatic rings. The Kier molecular flexibility index (Phi) is 5.77. The van der Waals surface area contributed by atoms with Crippen LogP contribution in [0.5, 0.6) is 5.75 Å². The molecule has 0 aliphatic carbocycles. The molecule has 2 rings (SSSR count). The Morgan fingerprint density at radius 2 is 1.58 bits per heavy atom. The molecule has 0 bridgehead atoms. The van der Waals surface area contributed by atoms with Crippen molar-refractivity contribution in [2.45, 2.75) is 33.3 Å². The summed E-state index contributed by atoms with van der Waals surface area (Å²) >= 11 is 0. The van der Waals surface area contributed by atoms with Crippen LogP contribution in [0.15, 0.2) is 48.5 Å². The number of amides is 1. The lowest BCUT2D eigenvalue weighted by molar-refractivity contribution is 0.0634. The number of anilines is 1. The van der Waals surface area contributed by atoms with Gasteiger partial charge in [0.2, 0.25) is 0 Å². The van der Waals surface area contributed by atoms with Gasteiger partial charge in [-0.2, -0.15) is 0 Å². The van der Waals surface area contributed by atoms with Crippen molar-refractivity contribution in [1.29, 1.82) is 0 Å². The lowest BCUT2D eigenvalue weighted by Gasteiger charge is -2.19. The van der Waals surface area contributed by atoms with Gasteiger partial charge < -0.3 is 9.47 Å². The Bertz CT molecular complexity index is 819. The average molecular weight is 355 g/mol. The van der Waals surface area contributed by atoms with Gasteiger partial charge in [-0.15, -0.1) is 0 Å². The number of Topliss-reactive ketones (excluding diaryl/α,β-unsaturated/α-hetero) is 1. The number of ether oxygens (including phenoxy) is 2. The molecule has 0 saturated heterocycles. The van der Waals surface area contributed by atoms with Gasteiger partial charge in [0.15, 0.2) is 5.78 Å². The molecule has 2 aromatic carbocycles. The molecule has 0 aromatic heterocycles. The second-order valence-electron chi connectivity index (χ2n) is 6.68. The second kappa shape index (κ2) is 7.82. The van der Waals surface area contributed by atoms with E-state index >= 15 is 0 Å². The normalized spacial score (nSPS) is 10.8. The first kappa shape index (κ1) is 19.2. The summed E-state index contributed by atoms with van der Waals surface area (Å²) in [5, 5.41) is 2.57. The quantitative estimate of drug-likeness (QED) is 0.497. The predicted octanol–water partition coefficient (Wildman–Crippen LogP) is 4.46. The van der Waals surface area contributed by atoms with Gasteiger partial charge in [0.1, 0.15) is 11.4 Å². The maximum Gasteiger partial charge on any atom is 0.412 e. The van der Waals surface area contributed by atoms with E-state index in [4.69, 9.17) is 9.47 Å². The number of esters is 1. The summed E-state index contributed by atoms with van der Waals surface area (Å²) < 4.78 is 10.5. The van der Waals surface area contributed by atoms with E-state index in [-0.39, 0.29) is 11.3 Å². The number of benzene rings is 2. The largest absolute Gasteiger partial charge is 0.444 e. The molecule has 0 radical (unpaired) electrons. The standard InChI is InChI=1S/C20H21NO5/c1-13(22)14-8-10-17(11-9-14)25-18(23)15-6-5-7-16(12-15)21-19(24)26-20(2,3)4/h5-12H,1-4H3,(H,21,24). The number of rotatable bonds is 4. The molecule has 26 heavy (non-hydrogen) atoms. The van der Waals surface area contributed by atoms with Gasteiger partial charge in [0.05, 0.1) is 5.56 Å². The summed E-state index contributed by atoms with van der Waals surface area (Å²) in [5.74, 6) is -0.317. The Balaban J connectivity index is 2.05. The summed E-state index contributed by atoms with van der Waals surface area (Å²) in [4.78, 5) is 35.3. The number of hydrogen-bond acceptors (Lipinski definition) is 5. The number of ketones is 1. The van der Waals surface area contributed by atoms with E-state index in [1.165, 1.54) is 13.0 Å². The van der Waals surface area contributed by atoms with Crippen molar-refractivity contribution in [2.24, 2.45) is 0 Å². The van der Waals surface area contributed by atoms with Gasteiger partial charge in [-0.05, 0) is 70.2 Å². The zero-order valence-electron chi connectivity index (χ0n) is 15.2. The summed E-state index contributed by atoms with van der Waals surface area (Å²) in [6.07, 6.45) is -0.608. The molecule has 0 saturated carbocycles. The third kappa shape index (κ3) is 5.73.